The minimum absolute atomic E-state index is 0.102. The Morgan fingerprint density at radius 3 is 2.77 bits per heavy atom. The fraction of sp³-hybridized carbons (Fsp3) is 0.273. The van der Waals surface area contributed by atoms with Crippen LogP contribution in [0.15, 0.2) is 53.8 Å². The zero-order valence-corrected chi connectivity index (χ0v) is 18.3. The molecule has 0 saturated carbocycles. The predicted molar refractivity (Wildman–Crippen MR) is 124 cm³/mol. The van der Waals surface area contributed by atoms with E-state index in [4.69, 9.17) is 4.74 Å². The van der Waals surface area contributed by atoms with Crippen molar-refractivity contribution in [2.24, 2.45) is 0 Å². The summed E-state index contributed by atoms with van der Waals surface area (Å²) in [6.45, 7) is 2.16. The molecule has 0 atom stereocenters. The molecule has 2 aromatic carbocycles. The van der Waals surface area contributed by atoms with Gasteiger partial charge in [0.2, 0.25) is 0 Å². The average Bonchev–Trinajstić information content (AvgIpc) is 3.21. The molecule has 0 bridgehead atoms. The summed E-state index contributed by atoms with van der Waals surface area (Å²) in [4.78, 5) is 21.9. The second-order valence-electron chi connectivity index (χ2n) is 6.87. The molecular formula is C22H24N6O2S. The molecule has 4 rings (SSSR count). The zero-order chi connectivity index (χ0) is 21.6. The first-order valence-corrected chi connectivity index (χ1v) is 11.2. The molecule has 31 heavy (non-hydrogen) atoms. The van der Waals surface area contributed by atoms with E-state index in [0.29, 0.717) is 37.0 Å². The lowest BCUT2D eigenvalue weighted by molar-refractivity contribution is 0.0953. The zero-order valence-electron chi connectivity index (χ0n) is 17.5. The highest BCUT2D eigenvalue weighted by Crippen LogP contribution is 2.23. The number of carbonyl (C=O) groups excluding carboxylic acids is 1. The highest BCUT2D eigenvalue weighted by molar-refractivity contribution is 7.98. The van der Waals surface area contributed by atoms with Crippen LogP contribution in [-0.2, 0) is 11.3 Å². The number of methoxy groups -OCH3 is 1. The number of rotatable bonds is 9. The number of amides is 1. The highest BCUT2D eigenvalue weighted by atomic mass is 32.2. The van der Waals surface area contributed by atoms with E-state index < -0.39 is 0 Å². The van der Waals surface area contributed by atoms with Gasteiger partial charge in [0.25, 0.3) is 5.91 Å². The summed E-state index contributed by atoms with van der Waals surface area (Å²) in [7, 11) is 1.66. The lowest BCUT2D eigenvalue weighted by atomic mass is 10.0. The molecule has 0 aliphatic carbocycles. The van der Waals surface area contributed by atoms with Crippen LogP contribution in [0.4, 0.5) is 5.82 Å². The first-order chi connectivity index (χ1) is 15.2. The molecule has 4 aromatic rings. The largest absolute Gasteiger partial charge is 0.383 e. The summed E-state index contributed by atoms with van der Waals surface area (Å²) >= 11 is 1.47. The van der Waals surface area contributed by atoms with Crippen molar-refractivity contribution in [1.29, 1.82) is 0 Å². The first-order valence-electron chi connectivity index (χ1n) is 9.97. The number of benzene rings is 2. The Balaban J connectivity index is 1.48. The van der Waals surface area contributed by atoms with Crippen molar-refractivity contribution in [3.8, 4) is 0 Å². The summed E-state index contributed by atoms with van der Waals surface area (Å²) < 4.78 is 6.90. The molecule has 1 amide bonds. The van der Waals surface area contributed by atoms with E-state index in [2.05, 4.69) is 25.7 Å². The van der Waals surface area contributed by atoms with E-state index in [1.54, 1.807) is 18.0 Å². The van der Waals surface area contributed by atoms with E-state index in [0.717, 1.165) is 27.6 Å². The van der Waals surface area contributed by atoms with Crippen LogP contribution in [0.25, 0.3) is 21.8 Å². The predicted octanol–water partition coefficient (Wildman–Crippen LogP) is 3.19. The second kappa shape index (κ2) is 9.76. The Bertz CT molecular complexity index is 1200. The van der Waals surface area contributed by atoms with E-state index >= 15 is 0 Å². The quantitative estimate of drug-likeness (QED) is 0.236. The first kappa shape index (κ1) is 21.1. The number of hydrogen-bond acceptors (Lipinski definition) is 7. The number of nitrogens with zero attached hydrogens (tertiary/aromatic N) is 4. The van der Waals surface area contributed by atoms with Gasteiger partial charge >= 0.3 is 0 Å². The summed E-state index contributed by atoms with van der Waals surface area (Å²) in [5.41, 5.74) is 1.40. The van der Waals surface area contributed by atoms with Crippen molar-refractivity contribution in [3.63, 3.8) is 0 Å². The number of anilines is 1. The van der Waals surface area contributed by atoms with Gasteiger partial charge in [0.15, 0.2) is 10.8 Å². The van der Waals surface area contributed by atoms with Crippen LogP contribution in [0.3, 0.4) is 0 Å². The molecule has 0 aliphatic heterocycles. The Hall–Kier alpha value is -3.17. The summed E-state index contributed by atoms with van der Waals surface area (Å²) in [6, 6.07) is 13.6. The SMILES string of the molecule is COCCNc1nc(SC)nc2c1cnn2CCNC(=O)c1cccc2ccccc12. The normalized spacial score (nSPS) is 11.2. The van der Waals surface area contributed by atoms with Crippen molar-refractivity contribution in [2.45, 2.75) is 11.7 Å². The van der Waals surface area contributed by atoms with Gasteiger partial charge in [0.05, 0.1) is 24.7 Å². The molecular weight excluding hydrogens is 412 g/mol. The molecule has 2 N–H and O–H groups in total. The lowest BCUT2D eigenvalue weighted by Gasteiger charge is -2.10. The van der Waals surface area contributed by atoms with Gasteiger partial charge in [-0.1, -0.05) is 48.2 Å². The van der Waals surface area contributed by atoms with Crippen molar-refractivity contribution in [3.05, 3.63) is 54.2 Å². The van der Waals surface area contributed by atoms with Crippen LogP contribution >= 0.6 is 11.8 Å². The van der Waals surface area contributed by atoms with Gasteiger partial charge in [-0.25, -0.2) is 14.6 Å². The standard InChI is InChI=1S/C22H24N6O2S/c1-30-13-11-23-19-18-14-25-28(20(18)27-22(26-19)31-2)12-10-24-21(29)17-9-5-7-15-6-3-4-8-16(15)17/h3-9,14H,10-13H2,1-2H3,(H,24,29)(H,23,26,27). The molecule has 0 radical (unpaired) electrons. The van der Waals surface area contributed by atoms with Crippen LogP contribution in [0.2, 0.25) is 0 Å². The third-order valence-corrected chi connectivity index (χ3v) is 5.45. The maximum absolute atomic E-state index is 12.8. The number of nitrogens with one attached hydrogen (secondary N) is 2. The van der Waals surface area contributed by atoms with Crippen molar-refractivity contribution < 1.29 is 9.53 Å². The Labute approximate surface area is 184 Å². The van der Waals surface area contributed by atoms with Gasteiger partial charge in [0.1, 0.15) is 5.82 Å². The van der Waals surface area contributed by atoms with E-state index in [9.17, 15) is 4.79 Å². The lowest BCUT2D eigenvalue weighted by Crippen LogP contribution is -2.27. The minimum Gasteiger partial charge on any atom is -0.383 e. The molecule has 0 unspecified atom stereocenters. The second-order valence-corrected chi connectivity index (χ2v) is 7.64. The van der Waals surface area contributed by atoms with E-state index in [1.165, 1.54) is 11.8 Å². The van der Waals surface area contributed by atoms with Crippen molar-refractivity contribution in [2.75, 3.05) is 38.4 Å². The topological polar surface area (TPSA) is 94.0 Å². The fourth-order valence-corrected chi connectivity index (χ4v) is 3.75. The molecule has 9 heteroatoms. The van der Waals surface area contributed by atoms with Gasteiger partial charge in [-0.3, -0.25) is 4.79 Å². The van der Waals surface area contributed by atoms with E-state index in [1.807, 2.05) is 48.7 Å². The Morgan fingerprint density at radius 1 is 1.10 bits per heavy atom. The van der Waals surface area contributed by atoms with Crippen LogP contribution < -0.4 is 10.6 Å². The average molecular weight is 437 g/mol. The molecule has 0 fully saturated rings. The third kappa shape index (κ3) is 4.62. The number of fused-ring (bicyclic) bond motifs is 2. The van der Waals surface area contributed by atoms with Gasteiger partial charge in [-0.15, -0.1) is 0 Å². The van der Waals surface area contributed by atoms with Crippen LogP contribution in [0.1, 0.15) is 10.4 Å². The number of aromatic nitrogens is 4. The molecule has 0 spiro atoms. The van der Waals surface area contributed by atoms with Crippen molar-refractivity contribution in [1.82, 2.24) is 25.1 Å². The molecule has 2 aromatic heterocycles. The molecule has 160 valence electrons. The maximum Gasteiger partial charge on any atom is 0.251 e. The van der Waals surface area contributed by atoms with Crippen LogP contribution in [0, 0.1) is 0 Å². The smallest absolute Gasteiger partial charge is 0.251 e. The molecule has 8 nitrogen and oxygen atoms in total. The molecule has 2 heterocycles. The summed E-state index contributed by atoms with van der Waals surface area (Å²) in [5, 5.41) is 14.2. The van der Waals surface area contributed by atoms with Gasteiger partial charge < -0.3 is 15.4 Å². The Kier molecular flexibility index (Phi) is 6.63. The highest BCUT2D eigenvalue weighted by Gasteiger charge is 2.14. The summed E-state index contributed by atoms with van der Waals surface area (Å²) in [6.07, 6.45) is 3.69. The molecule has 0 aliphatic rings. The monoisotopic (exact) mass is 436 g/mol. The van der Waals surface area contributed by atoms with E-state index in [-0.39, 0.29) is 5.91 Å². The number of ether oxygens (including phenoxy) is 1. The van der Waals surface area contributed by atoms with Gasteiger partial charge in [-0.05, 0) is 23.1 Å². The number of thioether (sulfide) groups is 1. The van der Waals surface area contributed by atoms with Gasteiger partial charge in [-0.2, -0.15) is 5.10 Å². The van der Waals surface area contributed by atoms with Crippen molar-refractivity contribution >= 4 is 45.3 Å². The number of hydrogen-bond donors (Lipinski definition) is 2. The molecule has 0 saturated heterocycles. The third-order valence-electron chi connectivity index (χ3n) is 4.90. The Morgan fingerprint density at radius 2 is 1.94 bits per heavy atom. The van der Waals surface area contributed by atoms with Gasteiger partial charge in [0, 0.05) is 25.8 Å². The van der Waals surface area contributed by atoms with Crippen LogP contribution in [0.5, 0.6) is 0 Å². The maximum atomic E-state index is 12.8. The number of carbonyl (C=O) groups is 1. The van der Waals surface area contributed by atoms with Crippen LogP contribution in [-0.4, -0.2) is 58.7 Å². The fourth-order valence-electron chi connectivity index (χ4n) is 3.39. The minimum atomic E-state index is -0.102. The summed E-state index contributed by atoms with van der Waals surface area (Å²) in [5.74, 6) is 0.632.